The van der Waals surface area contributed by atoms with Crippen LogP contribution in [0.5, 0.6) is 11.5 Å². The fraction of sp³-hybridized carbons (Fsp3) is 0.667. The zero-order valence-electron chi connectivity index (χ0n) is 14.5. The SMILES string of the molecule is COc1cc(N2CCCC2)c(OC)cc1C1CC(CN)CN1C. The summed E-state index contributed by atoms with van der Waals surface area (Å²) in [5.74, 6) is 2.47. The summed E-state index contributed by atoms with van der Waals surface area (Å²) in [6.07, 6.45) is 3.57. The lowest BCUT2D eigenvalue weighted by Gasteiger charge is -2.26. The Labute approximate surface area is 139 Å². The molecule has 2 aliphatic rings. The summed E-state index contributed by atoms with van der Waals surface area (Å²) < 4.78 is 11.4. The van der Waals surface area contributed by atoms with Gasteiger partial charge in [0, 0.05) is 37.3 Å². The third-order valence-electron chi connectivity index (χ3n) is 5.31. The Morgan fingerprint density at radius 2 is 1.83 bits per heavy atom. The molecule has 0 amide bonds. The van der Waals surface area contributed by atoms with Crippen molar-refractivity contribution in [2.24, 2.45) is 11.7 Å². The molecular formula is C18H29N3O2. The summed E-state index contributed by atoms with van der Waals surface area (Å²) in [4.78, 5) is 4.77. The molecule has 0 aliphatic carbocycles. The van der Waals surface area contributed by atoms with Crippen molar-refractivity contribution in [1.82, 2.24) is 4.90 Å². The van der Waals surface area contributed by atoms with Gasteiger partial charge in [-0.25, -0.2) is 0 Å². The Balaban J connectivity index is 1.97. The standard InChI is InChI=1S/C18H29N3O2/c1-20-12-13(11-19)8-15(20)14-9-18(23-3)16(10-17(14)22-2)21-6-4-5-7-21/h9-10,13,15H,4-8,11-12,19H2,1-3H3. The van der Waals surface area contributed by atoms with Crippen LogP contribution in [0.1, 0.15) is 30.9 Å². The normalized spacial score (nSPS) is 25.1. The molecule has 2 heterocycles. The molecule has 2 atom stereocenters. The Bertz CT molecular complexity index is 543. The highest BCUT2D eigenvalue weighted by Crippen LogP contribution is 2.44. The molecule has 1 aromatic rings. The quantitative estimate of drug-likeness (QED) is 0.902. The molecule has 5 heteroatoms. The fourth-order valence-corrected chi connectivity index (χ4v) is 4.01. The van der Waals surface area contributed by atoms with E-state index in [1.807, 2.05) is 0 Å². The Kier molecular flexibility index (Phi) is 4.97. The second kappa shape index (κ2) is 6.97. The minimum absolute atomic E-state index is 0.347. The second-order valence-corrected chi connectivity index (χ2v) is 6.75. The number of nitrogens with two attached hydrogens (primary N) is 1. The van der Waals surface area contributed by atoms with Gasteiger partial charge in [-0.1, -0.05) is 0 Å². The van der Waals surface area contributed by atoms with Crippen LogP contribution in [-0.4, -0.2) is 52.3 Å². The molecule has 0 bridgehead atoms. The van der Waals surface area contributed by atoms with Crippen LogP contribution in [-0.2, 0) is 0 Å². The molecule has 23 heavy (non-hydrogen) atoms. The minimum Gasteiger partial charge on any atom is -0.496 e. The maximum absolute atomic E-state index is 5.88. The van der Waals surface area contributed by atoms with E-state index in [4.69, 9.17) is 15.2 Å². The molecule has 0 spiro atoms. The highest BCUT2D eigenvalue weighted by atomic mass is 16.5. The highest BCUT2D eigenvalue weighted by Gasteiger charge is 2.33. The molecule has 2 fully saturated rings. The number of nitrogens with zero attached hydrogens (tertiary/aromatic N) is 2. The number of anilines is 1. The molecular weight excluding hydrogens is 290 g/mol. The van der Waals surface area contributed by atoms with Crippen LogP contribution in [0.15, 0.2) is 12.1 Å². The van der Waals surface area contributed by atoms with Gasteiger partial charge < -0.3 is 20.1 Å². The van der Waals surface area contributed by atoms with Gasteiger partial charge in [-0.05, 0) is 44.8 Å². The molecule has 2 N–H and O–H groups in total. The van der Waals surface area contributed by atoms with Gasteiger partial charge in [-0.15, -0.1) is 0 Å². The maximum atomic E-state index is 5.88. The van der Waals surface area contributed by atoms with Gasteiger partial charge in [0.25, 0.3) is 0 Å². The number of ether oxygens (including phenoxy) is 2. The van der Waals surface area contributed by atoms with Gasteiger partial charge in [0.1, 0.15) is 11.5 Å². The van der Waals surface area contributed by atoms with E-state index in [1.165, 1.54) is 18.4 Å². The van der Waals surface area contributed by atoms with E-state index in [1.54, 1.807) is 14.2 Å². The monoisotopic (exact) mass is 319 g/mol. The summed E-state index contributed by atoms with van der Waals surface area (Å²) in [5.41, 5.74) is 8.25. The second-order valence-electron chi connectivity index (χ2n) is 6.75. The van der Waals surface area contributed by atoms with Crippen molar-refractivity contribution in [3.63, 3.8) is 0 Å². The molecule has 1 aromatic carbocycles. The van der Waals surface area contributed by atoms with Gasteiger partial charge in [0.15, 0.2) is 0 Å². The van der Waals surface area contributed by atoms with Crippen LogP contribution in [0.4, 0.5) is 5.69 Å². The molecule has 2 aliphatic heterocycles. The van der Waals surface area contributed by atoms with Crippen molar-refractivity contribution in [1.29, 1.82) is 0 Å². The van der Waals surface area contributed by atoms with E-state index >= 15 is 0 Å². The summed E-state index contributed by atoms with van der Waals surface area (Å²) >= 11 is 0. The first-order valence-corrected chi connectivity index (χ1v) is 8.59. The molecule has 128 valence electrons. The van der Waals surface area contributed by atoms with Crippen molar-refractivity contribution in [2.45, 2.75) is 25.3 Å². The maximum Gasteiger partial charge on any atom is 0.142 e. The average molecular weight is 319 g/mol. The Morgan fingerprint density at radius 1 is 1.13 bits per heavy atom. The van der Waals surface area contributed by atoms with E-state index in [0.717, 1.165) is 49.8 Å². The van der Waals surface area contributed by atoms with Gasteiger partial charge in [-0.2, -0.15) is 0 Å². The van der Waals surface area contributed by atoms with Crippen LogP contribution < -0.4 is 20.1 Å². The zero-order valence-corrected chi connectivity index (χ0v) is 14.5. The molecule has 2 unspecified atom stereocenters. The molecule has 5 nitrogen and oxygen atoms in total. The van der Waals surface area contributed by atoms with Gasteiger partial charge in [0.05, 0.1) is 19.9 Å². The van der Waals surface area contributed by atoms with Crippen molar-refractivity contribution in [3.05, 3.63) is 17.7 Å². The lowest BCUT2D eigenvalue weighted by molar-refractivity contribution is 0.301. The van der Waals surface area contributed by atoms with E-state index in [2.05, 4.69) is 29.0 Å². The molecule has 0 saturated carbocycles. The highest BCUT2D eigenvalue weighted by molar-refractivity contribution is 5.65. The Hall–Kier alpha value is -1.46. The van der Waals surface area contributed by atoms with Crippen LogP contribution in [0, 0.1) is 5.92 Å². The summed E-state index contributed by atoms with van der Waals surface area (Å²) in [6.45, 7) is 3.97. The van der Waals surface area contributed by atoms with Crippen LogP contribution in [0.2, 0.25) is 0 Å². The summed E-state index contributed by atoms with van der Waals surface area (Å²) in [5, 5.41) is 0. The lowest BCUT2D eigenvalue weighted by Crippen LogP contribution is -2.22. The number of hydrogen-bond acceptors (Lipinski definition) is 5. The van der Waals surface area contributed by atoms with E-state index in [-0.39, 0.29) is 0 Å². The van der Waals surface area contributed by atoms with Crippen LogP contribution in [0.3, 0.4) is 0 Å². The third kappa shape index (κ3) is 3.12. The summed E-state index contributed by atoms with van der Waals surface area (Å²) in [7, 11) is 5.68. The largest absolute Gasteiger partial charge is 0.496 e. The van der Waals surface area contributed by atoms with Crippen molar-refractivity contribution in [3.8, 4) is 11.5 Å². The first-order chi connectivity index (χ1) is 11.2. The summed E-state index contributed by atoms with van der Waals surface area (Å²) in [6, 6.07) is 4.68. The fourth-order valence-electron chi connectivity index (χ4n) is 4.01. The van der Waals surface area contributed by atoms with E-state index < -0.39 is 0 Å². The van der Waals surface area contributed by atoms with E-state index in [0.29, 0.717) is 12.0 Å². The van der Waals surface area contributed by atoms with Gasteiger partial charge in [0.2, 0.25) is 0 Å². The first-order valence-electron chi connectivity index (χ1n) is 8.59. The molecule has 0 radical (unpaired) electrons. The van der Waals surface area contributed by atoms with Crippen LogP contribution in [0.25, 0.3) is 0 Å². The predicted molar refractivity (Wildman–Crippen MR) is 93.5 cm³/mol. The minimum atomic E-state index is 0.347. The van der Waals surface area contributed by atoms with Gasteiger partial charge >= 0.3 is 0 Å². The number of likely N-dealkylation sites (tertiary alicyclic amines) is 1. The first kappa shape index (κ1) is 16.4. The number of benzene rings is 1. The predicted octanol–water partition coefficient (Wildman–Crippen LogP) is 2.26. The zero-order chi connectivity index (χ0) is 16.4. The molecule has 3 rings (SSSR count). The lowest BCUT2D eigenvalue weighted by atomic mass is 9.98. The topological polar surface area (TPSA) is 51.0 Å². The van der Waals surface area contributed by atoms with Crippen LogP contribution >= 0.6 is 0 Å². The average Bonchev–Trinajstić information content (AvgIpc) is 3.23. The van der Waals surface area contributed by atoms with Crippen molar-refractivity contribution < 1.29 is 9.47 Å². The third-order valence-corrected chi connectivity index (χ3v) is 5.31. The smallest absolute Gasteiger partial charge is 0.142 e. The number of methoxy groups -OCH3 is 2. The molecule has 0 aromatic heterocycles. The number of hydrogen-bond donors (Lipinski definition) is 1. The van der Waals surface area contributed by atoms with Crippen molar-refractivity contribution in [2.75, 3.05) is 52.3 Å². The number of rotatable bonds is 5. The van der Waals surface area contributed by atoms with E-state index in [9.17, 15) is 0 Å². The Morgan fingerprint density at radius 3 is 2.39 bits per heavy atom. The van der Waals surface area contributed by atoms with Gasteiger partial charge in [-0.3, -0.25) is 4.90 Å². The van der Waals surface area contributed by atoms with Crippen molar-refractivity contribution >= 4 is 5.69 Å². The molecule has 2 saturated heterocycles.